The zero-order valence-electron chi connectivity index (χ0n) is 23.8. The van der Waals surface area contributed by atoms with E-state index in [4.69, 9.17) is 10.5 Å². The molecule has 1 aliphatic carbocycles. The summed E-state index contributed by atoms with van der Waals surface area (Å²) in [5, 5.41) is 2.65. The molecule has 3 atom stereocenters. The van der Waals surface area contributed by atoms with Crippen LogP contribution in [0.4, 0.5) is 4.79 Å². The minimum absolute atomic E-state index is 0.0251. The lowest BCUT2D eigenvalue weighted by Crippen LogP contribution is -2.49. The van der Waals surface area contributed by atoms with Crippen molar-refractivity contribution in [3.8, 4) is 0 Å². The van der Waals surface area contributed by atoms with Crippen LogP contribution in [0.25, 0.3) is 0 Å². The third kappa shape index (κ3) is 9.34. The lowest BCUT2D eigenvalue weighted by molar-refractivity contribution is -0.133. The number of nitrogens with two attached hydrogens (primary N) is 1. The molecular weight excluding hydrogens is 526 g/mol. The van der Waals surface area contributed by atoms with Gasteiger partial charge in [0.15, 0.2) is 0 Å². The Morgan fingerprint density at radius 2 is 1.90 bits per heavy atom. The Balaban J connectivity index is 1.84. The molecule has 4 amide bonds. The van der Waals surface area contributed by atoms with E-state index in [-0.39, 0.29) is 11.6 Å². The highest BCUT2D eigenvalue weighted by Crippen LogP contribution is 2.53. The summed E-state index contributed by atoms with van der Waals surface area (Å²) in [5.74, 6) is -1.62. The quantitative estimate of drug-likeness (QED) is 0.225. The Morgan fingerprint density at radius 1 is 1.23 bits per heavy atom. The minimum Gasteiger partial charge on any atom is -0.444 e. The Bertz CT molecular complexity index is 1110. The number of hydrogen-bond donors (Lipinski definition) is 3. The summed E-state index contributed by atoms with van der Waals surface area (Å²) in [6.07, 6.45) is 9.32. The number of unbranched alkanes of at least 4 members (excludes halogenated alkanes) is 3. The number of carbonyl (C=O) groups is 4. The summed E-state index contributed by atoms with van der Waals surface area (Å²) in [7, 11) is -1.11. The van der Waals surface area contributed by atoms with E-state index in [0.717, 1.165) is 23.6 Å². The number of ether oxygens (including phenoxy) is 1. The van der Waals surface area contributed by atoms with Crippen molar-refractivity contribution >= 4 is 34.0 Å². The molecule has 39 heavy (non-hydrogen) atoms. The molecule has 1 heterocycles. The van der Waals surface area contributed by atoms with Gasteiger partial charge in [-0.25, -0.2) is 9.52 Å². The second kappa shape index (κ2) is 12.9. The predicted octanol–water partition coefficient (Wildman–Crippen LogP) is 1.94. The van der Waals surface area contributed by atoms with Gasteiger partial charge in [-0.05, 0) is 58.8 Å². The van der Waals surface area contributed by atoms with Crippen molar-refractivity contribution in [1.29, 1.82) is 0 Å². The van der Waals surface area contributed by atoms with Crippen molar-refractivity contribution in [3.05, 3.63) is 23.9 Å². The standard InChI is InChI=1S/C26H43N5O7S/c1-25(2,3)38-24(35)28-19(22(33)31-16-12-15-20(31)21(27)32)14-11-9-7-8-10-13-18-17-26(18,4)23(34)29-39(36,37)30(5)6/h10,13,15,18-19H,7-9,11-12,14,16-17H2,1-6H3,(H2,27,32)(H,28,35)(H,29,34). The first-order valence-electron chi connectivity index (χ1n) is 13.2. The van der Waals surface area contributed by atoms with E-state index in [2.05, 4.69) is 10.0 Å². The molecule has 12 nitrogen and oxygen atoms in total. The molecule has 0 bridgehead atoms. The van der Waals surface area contributed by atoms with Gasteiger partial charge >= 0.3 is 16.3 Å². The third-order valence-corrected chi connectivity index (χ3v) is 8.15. The highest BCUT2D eigenvalue weighted by atomic mass is 32.2. The molecule has 0 spiro atoms. The molecule has 1 aliphatic heterocycles. The van der Waals surface area contributed by atoms with E-state index < -0.39 is 51.1 Å². The fourth-order valence-corrected chi connectivity index (χ4v) is 4.88. The van der Waals surface area contributed by atoms with Crippen molar-refractivity contribution in [2.45, 2.75) is 84.3 Å². The maximum absolute atomic E-state index is 13.2. The number of carbonyl (C=O) groups excluding carboxylic acids is 4. The molecule has 1 saturated carbocycles. The van der Waals surface area contributed by atoms with Gasteiger partial charge < -0.3 is 20.7 Å². The second-order valence-corrected chi connectivity index (χ2v) is 13.3. The van der Waals surface area contributed by atoms with E-state index in [1.54, 1.807) is 33.8 Å². The normalized spacial score (nSPS) is 22.0. The molecule has 220 valence electrons. The summed E-state index contributed by atoms with van der Waals surface area (Å²) < 4.78 is 32.2. The van der Waals surface area contributed by atoms with Gasteiger partial charge in [0.1, 0.15) is 17.3 Å². The molecule has 13 heteroatoms. The Hall–Kier alpha value is -2.93. The minimum atomic E-state index is -3.82. The van der Waals surface area contributed by atoms with Crippen LogP contribution >= 0.6 is 0 Å². The van der Waals surface area contributed by atoms with Gasteiger partial charge in [-0.1, -0.05) is 38.0 Å². The average molecular weight is 570 g/mol. The smallest absolute Gasteiger partial charge is 0.408 e. The highest BCUT2D eigenvalue weighted by molar-refractivity contribution is 7.87. The molecule has 2 aliphatic rings. The van der Waals surface area contributed by atoms with Gasteiger partial charge in [-0.2, -0.15) is 12.7 Å². The van der Waals surface area contributed by atoms with Crippen LogP contribution in [0.3, 0.4) is 0 Å². The summed E-state index contributed by atoms with van der Waals surface area (Å²) >= 11 is 0. The van der Waals surface area contributed by atoms with Crippen LogP contribution in [-0.4, -0.2) is 73.7 Å². The molecular formula is C26H43N5O7S. The maximum atomic E-state index is 13.2. The van der Waals surface area contributed by atoms with E-state index in [9.17, 15) is 27.6 Å². The number of nitrogens with one attached hydrogen (secondary N) is 2. The Kier molecular flexibility index (Phi) is 10.7. The second-order valence-electron chi connectivity index (χ2n) is 11.4. The largest absolute Gasteiger partial charge is 0.444 e. The first-order chi connectivity index (χ1) is 18.0. The van der Waals surface area contributed by atoms with Crippen LogP contribution in [0.1, 0.15) is 72.6 Å². The summed E-state index contributed by atoms with van der Waals surface area (Å²) in [5.41, 5.74) is 4.08. The van der Waals surface area contributed by atoms with Crippen LogP contribution in [0.5, 0.6) is 0 Å². The molecule has 0 aromatic carbocycles. The number of amides is 4. The SMILES string of the molecule is CN(C)S(=O)(=O)NC(=O)C1(C)CC1C=CCCCCCC(NC(=O)OC(C)(C)C)C(=O)N1CCC=C1C(N)=O. The molecule has 1 fully saturated rings. The fourth-order valence-electron chi connectivity index (χ4n) is 4.23. The van der Waals surface area contributed by atoms with Gasteiger partial charge in [-0.3, -0.25) is 14.4 Å². The van der Waals surface area contributed by atoms with Crippen LogP contribution in [0.2, 0.25) is 0 Å². The molecule has 4 N–H and O–H groups in total. The number of nitrogens with zero attached hydrogens (tertiary/aromatic N) is 2. The first-order valence-corrected chi connectivity index (χ1v) is 14.6. The van der Waals surface area contributed by atoms with Gasteiger partial charge in [0.25, 0.3) is 5.91 Å². The first kappa shape index (κ1) is 32.3. The Morgan fingerprint density at radius 3 is 2.49 bits per heavy atom. The molecule has 3 unspecified atom stereocenters. The van der Waals surface area contributed by atoms with Crippen LogP contribution in [0.15, 0.2) is 23.9 Å². The van der Waals surface area contributed by atoms with Gasteiger partial charge in [0.2, 0.25) is 11.8 Å². The van der Waals surface area contributed by atoms with Crippen molar-refractivity contribution in [1.82, 2.24) is 19.2 Å². The van der Waals surface area contributed by atoms with E-state index in [1.807, 2.05) is 12.2 Å². The summed E-state index contributed by atoms with van der Waals surface area (Å²) in [4.78, 5) is 51.0. The van der Waals surface area contributed by atoms with Gasteiger partial charge in [0.05, 0.1) is 5.41 Å². The molecule has 2 rings (SSSR count). The van der Waals surface area contributed by atoms with E-state index in [1.165, 1.54) is 19.0 Å². The molecule has 0 radical (unpaired) electrons. The summed E-state index contributed by atoms with van der Waals surface area (Å²) in [6.45, 7) is 7.26. The maximum Gasteiger partial charge on any atom is 0.408 e. The van der Waals surface area contributed by atoms with Crippen LogP contribution in [-0.2, 0) is 29.3 Å². The van der Waals surface area contributed by atoms with E-state index in [0.29, 0.717) is 32.2 Å². The predicted molar refractivity (Wildman–Crippen MR) is 146 cm³/mol. The number of alkyl carbamates (subject to hydrolysis) is 1. The average Bonchev–Trinajstić information content (AvgIpc) is 3.23. The topological polar surface area (TPSA) is 168 Å². The molecule has 0 saturated heterocycles. The number of allylic oxidation sites excluding steroid dienone is 2. The zero-order valence-corrected chi connectivity index (χ0v) is 24.6. The van der Waals surface area contributed by atoms with E-state index >= 15 is 0 Å². The van der Waals surface area contributed by atoms with Gasteiger partial charge in [0, 0.05) is 20.6 Å². The monoisotopic (exact) mass is 569 g/mol. The van der Waals surface area contributed by atoms with Gasteiger partial charge in [-0.15, -0.1) is 0 Å². The van der Waals surface area contributed by atoms with Crippen molar-refractivity contribution in [2.75, 3.05) is 20.6 Å². The molecule has 0 aromatic heterocycles. The van der Waals surface area contributed by atoms with Crippen LogP contribution < -0.4 is 15.8 Å². The van der Waals surface area contributed by atoms with Crippen molar-refractivity contribution in [2.24, 2.45) is 17.1 Å². The third-order valence-electron chi connectivity index (χ3n) is 6.74. The number of rotatable bonds is 13. The highest BCUT2D eigenvalue weighted by Gasteiger charge is 2.55. The number of primary amides is 1. The lowest BCUT2D eigenvalue weighted by atomic mass is 10.0. The number of hydrogen-bond acceptors (Lipinski definition) is 7. The van der Waals surface area contributed by atoms with Crippen LogP contribution in [0, 0.1) is 11.3 Å². The zero-order chi connectivity index (χ0) is 29.6. The van der Waals surface area contributed by atoms with Crippen molar-refractivity contribution < 1.29 is 32.3 Å². The lowest BCUT2D eigenvalue weighted by Gasteiger charge is -2.27. The Labute approximate surface area is 231 Å². The molecule has 0 aromatic rings. The fraction of sp³-hybridized carbons (Fsp3) is 0.692. The summed E-state index contributed by atoms with van der Waals surface area (Å²) in [6, 6.07) is -0.861. The van der Waals surface area contributed by atoms with Crippen molar-refractivity contribution in [3.63, 3.8) is 0 Å².